The summed E-state index contributed by atoms with van der Waals surface area (Å²) in [4.78, 5) is 36.7. The normalized spacial score (nSPS) is 14.3. The number of ether oxygens (including phenoxy) is 3. The van der Waals surface area contributed by atoms with Crippen molar-refractivity contribution in [1.82, 2.24) is 19.4 Å². The van der Waals surface area contributed by atoms with E-state index in [9.17, 15) is 22.8 Å². The standard InChI is InChI=1S/C37H34F3N5O5.BrH/c1-3-45(35(46)25-5-7-27(8-6-25)37(38,39)40)28-9-13-34(41-21-28)50-29-10-11-30-26(19-29)20-31(42(30)2)36(47)44-16-14-43(15-17-44)22-24-4-12-32-33(18-24)49-23-48-32;/h4-13,18-21H,3,14-17,22-23H2,1-2H3;1H. The van der Waals surface area contributed by atoms with Gasteiger partial charge in [0.2, 0.25) is 12.7 Å². The van der Waals surface area contributed by atoms with Crippen LogP contribution in [0.5, 0.6) is 23.1 Å². The van der Waals surface area contributed by atoms with Crippen molar-refractivity contribution in [3.05, 3.63) is 107 Å². The summed E-state index contributed by atoms with van der Waals surface area (Å²) in [5, 5.41) is 0.839. The number of carbonyl (C=O) groups excluding carboxylic acids is 2. The zero-order valence-electron chi connectivity index (χ0n) is 27.9. The van der Waals surface area contributed by atoms with Gasteiger partial charge in [0, 0.05) is 68.8 Å². The predicted molar refractivity (Wildman–Crippen MR) is 190 cm³/mol. The van der Waals surface area contributed by atoms with E-state index >= 15 is 0 Å². The molecule has 0 unspecified atom stereocenters. The maximum absolute atomic E-state index is 13.6. The van der Waals surface area contributed by atoms with E-state index < -0.39 is 17.6 Å². The molecular weight excluding hydrogens is 731 g/mol. The number of fused-ring (bicyclic) bond motifs is 2. The molecule has 0 saturated carbocycles. The van der Waals surface area contributed by atoms with Crippen LogP contribution in [0.2, 0.25) is 0 Å². The van der Waals surface area contributed by atoms with E-state index in [-0.39, 0.29) is 47.7 Å². The molecule has 51 heavy (non-hydrogen) atoms. The quantitative estimate of drug-likeness (QED) is 0.164. The van der Waals surface area contributed by atoms with E-state index in [0.29, 0.717) is 30.2 Å². The van der Waals surface area contributed by atoms with E-state index in [1.54, 1.807) is 25.1 Å². The number of alkyl halides is 3. The third kappa shape index (κ3) is 7.52. The highest BCUT2D eigenvalue weighted by Crippen LogP contribution is 2.34. The zero-order chi connectivity index (χ0) is 35.0. The van der Waals surface area contributed by atoms with Gasteiger partial charge in [-0.05, 0) is 79.2 Å². The number of carbonyl (C=O) groups is 2. The smallest absolute Gasteiger partial charge is 0.416 e. The molecule has 1 fully saturated rings. The first kappa shape index (κ1) is 35.7. The highest BCUT2D eigenvalue weighted by Gasteiger charge is 2.31. The Bertz CT molecular complexity index is 2050. The van der Waals surface area contributed by atoms with Crippen LogP contribution >= 0.6 is 17.0 Å². The average molecular weight is 767 g/mol. The molecule has 266 valence electrons. The summed E-state index contributed by atoms with van der Waals surface area (Å²) in [5.74, 6) is 1.87. The Kier molecular flexibility index (Phi) is 10.3. The summed E-state index contributed by atoms with van der Waals surface area (Å²) in [7, 11) is 1.87. The van der Waals surface area contributed by atoms with Crippen LogP contribution in [0.3, 0.4) is 0 Å². The van der Waals surface area contributed by atoms with Gasteiger partial charge in [0.05, 0.1) is 17.4 Å². The first-order valence-corrected chi connectivity index (χ1v) is 16.2. The Morgan fingerprint density at radius 3 is 2.33 bits per heavy atom. The van der Waals surface area contributed by atoms with Gasteiger partial charge in [-0.2, -0.15) is 13.2 Å². The molecule has 2 amide bonds. The molecule has 1 saturated heterocycles. The Morgan fingerprint density at radius 1 is 0.902 bits per heavy atom. The van der Waals surface area contributed by atoms with Gasteiger partial charge in [-0.15, -0.1) is 17.0 Å². The topological polar surface area (TPSA) is 89.4 Å². The molecule has 10 nitrogen and oxygen atoms in total. The Hall–Kier alpha value is -5.08. The SMILES string of the molecule is Br.CCN(C(=O)c1ccc(C(F)(F)F)cc1)c1ccc(Oc2ccc3c(c2)cc(C(=O)N2CCN(Cc4ccc5c(c4)OCO5)CC2)n3C)nc1. The van der Waals surface area contributed by atoms with Crippen molar-refractivity contribution in [2.75, 3.05) is 44.4 Å². The number of aryl methyl sites for hydroxylation is 1. The van der Waals surface area contributed by atoms with Crippen LogP contribution in [0.25, 0.3) is 10.9 Å². The lowest BCUT2D eigenvalue weighted by Crippen LogP contribution is -2.48. The summed E-state index contributed by atoms with van der Waals surface area (Å²) in [6.45, 7) is 5.81. The third-order valence-electron chi connectivity index (χ3n) is 9.01. The molecular formula is C37H35BrF3N5O5. The van der Waals surface area contributed by atoms with Crippen molar-refractivity contribution in [2.24, 2.45) is 7.05 Å². The Labute approximate surface area is 302 Å². The predicted octanol–water partition coefficient (Wildman–Crippen LogP) is 7.32. The number of aromatic nitrogens is 2. The van der Waals surface area contributed by atoms with E-state index in [0.717, 1.165) is 59.7 Å². The number of amides is 2. The molecule has 0 spiro atoms. The van der Waals surface area contributed by atoms with Crippen LogP contribution in [-0.4, -0.2) is 70.7 Å². The lowest BCUT2D eigenvalue weighted by molar-refractivity contribution is -0.137. The summed E-state index contributed by atoms with van der Waals surface area (Å²) in [6.07, 6.45) is -3.00. The van der Waals surface area contributed by atoms with Gasteiger partial charge in [0.25, 0.3) is 11.8 Å². The lowest BCUT2D eigenvalue weighted by Gasteiger charge is -2.34. The molecule has 7 rings (SSSR count). The molecule has 4 heterocycles. The largest absolute Gasteiger partial charge is 0.454 e. The zero-order valence-corrected chi connectivity index (χ0v) is 29.6. The molecule has 14 heteroatoms. The number of benzene rings is 3. The highest BCUT2D eigenvalue weighted by atomic mass is 79.9. The maximum Gasteiger partial charge on any atom is 0.416 e. The van der Waals surface area contributed by atoms with Crippen LogP contribution in [0, 0.1) is 0 Å². The van der Waals surface area contributed by atoms with E-state index in [4.69, 9.17) is 14.2 Å². The van der Waals surface area contributed by atoms with Gasteiger partial charge in [0.15, 0.2) is 11.5 Å². The molecule has 0 N–H and O–H groups in total. The molecule has 2 aliphatic heterocycles. The van der Waals surface area contributed by atoms with Crippen molar-refractivity contribution >= 4 is 45.4 Å². The number of halogens is 4. The number of pyridine rings is 1. The van der Waals surface area contributed by atoms with E-state index in [1.807, 2.05) is 52.9 Å². The third-order valence-corrected chi connectivity index (χ3v) is 9.01. The summed E-state index contributed by atoms with van der Waals surface area (Å²) in [5.41, 5.74) is 2.39. The number of hydrogen-bond acceptors (Lipinski definition) is 7. The first-order valence-electron chi connectivity index (χ1n) is 16.2. The average Bonchev–Trinajstić information content (AvgIpc) is 3.72. The number of piperazine rings is 1. The first-order chi connectivity index (χ1) is 24.1. The second kappa shape index (κ2) is 14.6. The fourth-order valence-corrected chi connectivity index (χ4v) is 6.28. The minimum Gasteiger partial charge on any atom is -0.454 e. The number of rotatable bonds is 8. The molecule has 0 radical (unpaired) electrons. The second-order valence-corrected chi connectivity index (χ2v) is 12.1. The monoisotopic (exact) mass is 765 g/mol. The van der Waals surface area contributed by atoms with Crippen LogP contribution in [-0.2, 0) is 19.8 Å². The van der Waals surface area contributed by atoms with Gasteiger partial charge in [-0.1, -0.05) is 6.07 Å². The van der Waals surface area contributed by atoms with E-state index in [1.165, 1.54) is 23.2 Å². The fraction of sp³-hybridized carbons (Fsp3) is 0.270. The van der Waals surface area contributed by atoms with Crippen LogP contribution in [0.4, 0.5) is 18.9 Å². The van der Waals surface area contributed by atoms with Crippen LogP contribution in [0.1, 0.15) is 38.9 Å². The summed E-state index contributed by atoms with van der Waals surface area (Å²) < 4.78 is 57.7. The van der Waals surface area contributed by atoms with Crippen molar-refractivity contribution in [2.45, 2.75) is 19.6 Å². The number of nitrogens with zero attached hydrogens (tertiary/aromatic N) is 5. The van der Waals surface area contributed by atoms with Gasteiger partial charge >= 0.3 is 6.18 Å². The Balaban J connectivity index is 0.00000448. The fourth-order valence-electron chi connectivity index (χ4n) is 6.28. The minimum atomic E-state index is -4.48. The molecule has 0 bridgehead atoms. The molecule has 5 aromatic rings. The molecule has 2 aliphatic rings. The summed E-state index contributed by atoms with van der Waals surface area (Å²) in [6, 6.07) is 20.8. The van der Waals surface area contributed by atoms with Crippen molar-refractivity contribution < 1.29 is 37.0 Å². The van der Waals surface area contributed by atoms with Crippen LogP contribution in [0.15, 0.2) is 85.1 Å². The van der Waals surface area contributed by atoms with E-state index in [2.05, 4.69) is 9.88 Å². The molecule has 0 atom stereocenters. The maximum atomic E-state index is 13.6. The van der Waals surface area contributed by atoms with Crippen molar-refractivity contribution in [3.63, 3.8) is 0 Å². The molecule has 0 aliphatic carbocycles. The highest BCUT2D eigenvalue weighted by molar-refractivity contribution is 8.93. The molecule has 2 aromatic heterocycles. The Morgan fingerprint density at radius 2 is 1.65 bits per heavy atom. The van der Waals surface area contributed by atoms with Crippen LogP contribution < -0.4 is 19.1 Å². The second-order valence-electron chi connectivity index (χ2n) is 12.1. The van der Waals surface area contributed by atoms with Gasteiger partial charge in [0.1, 0.15) is 11.4 Å². The van der Waals surface area contributed by atoms with Gasteiger partial charge in [-0.3, -0.25) is 14.5 Å². The molecule has 3 aromatic carbocycles. The number of hydrogen-bond donors (Lipinski definition) is 0. The van der Waals surface area contributed by atoms with Gasteiger partial charge in [-0.25, -0.2) is 4.98 Å². The lowest BCUT2D eigenvalue weighted by atomic mass is 10.1. The summed E-state index contributed by atoms with van der Waals surface area (Å²) >= 11 is 0. The van der Waals surface area contributed by atoms with Gasteiger partial charge < -0.3 is 28.6 Å². The van der Waals surface area contributed by atoms with Crippen molar-refractivity contribution in [3.8, 4) is 23.1 Å². The minimum absolute atomic E-state index is 0. The number of anilines is 1. The van der Waals surface area contributed by atoms with Crippen molar-refractivity contribution in [1.29, 1.82) is 0 Å².